The van der Waals surface area contributed by atoms with Crippen LogP contribution < -0.4 is 5.32 Å². The number of halogens is 2. The quantitative estimate of drug-likeness (QED) is 0.636. The molecule has 5 nitrogen and oxygen atoms in total. The van der Waals surface area contributed by atoms with Crippen molar-refractivity contribution in [1.82, 2.24) is 5.32 Å². The molecule has 0 aliphatic rings. The highest BCUT2D eigenvalue weighted by molar-refractivity contribution is 6.30. The summed E-state index contributed by atoms with van der Waals surface area (Å²) in [5.74, 6) is -1.98. The van der Waals surface area contributed by atoms with Crippen molar-refractivity contribution < 1.29 is 23.8 Å². The van der Waals surface area contributed by atoms with Crippen molar-refractivity contribution in [1.29, 1.82) is 0 Å². The van der Waals surface area contributed by atoms with E-state index in [1.54, 1.807) is 20.8 Å². The van der Waals surface area contributed by atoms with Gasteiger partial charge in [-0.15, -0.1) is 0 Å². The number of ether oxygens (including phenoxy) is 1. The molecule has 0 aromatic heterocycles. The molecule has 2 N–H and O–H groups in total. The molecule has 1 rings (SSSR count). The molecule has 0 aliphatic heterocycles. The van der Waals surface area contributed by atoms with Gasteiger partial charge in [0.05, 0.1) is 12.6 Å². The summed E-state index contributed by atoms with van der Waals surface area (Å²) in [6.07, 6.45) is 1.93. The second kappa shape index (κ2) is 8.08. The number of amides is 1. The number of esters is 1. The van der Waals surface area contributed by atoms with Crippen LogP contribution in [0.1, 0.15) is 32.4 Å². The highest BCUT2D eigenvalue weighted by Gasteiger charge is 2.18. The van der Waals surface area contributed by atoms with E-state index >= 15 is 0 Å². The van der Waals surface area contributed by atoms with Gasteiger partial charge in [-0.2, -0.15) is 0 Å². The number of nitrogens with one attached hydrogen (secondary N) is 1. The van der Waals surface area contributed by atoms with Crippen LogP contribution in [0, 0.1) is 5.82 Å². The predicted octanol–water partition coefficient (Wildman–Crippen LogP) is 2.53. The molecule has 1 amide bonds. The Kier molecular flexibility index (Phi) is 6.72. The maximum atomic E-state index is 13.8. The van der Waals surface area contributed by atoms with Crippen LogP contribution in [0.15, 0.2) is 30.4 Å². The summed E-state index contributed by atoms with van der Waals surface area (Å²) >= 11 is 5.66. The zero-order chi connectivity index (χ0) is 17.6. The molecule has 23 heavy (non-hydrogen) atoms. The Hall–Kier alpha value is -1.92. The fourth-order valence-corrected chi connectivity index (χ4v) is 1.86. The third kappa shape index (κ3) is 6.80. The average molecular weight is 344 g/mol. The number of hydrogen-bond acceptors (Lipinski definition) is 4. The van der Waals surface area contributed by atoms with Crippen molar-refractivity contribution in [3.63, 3.8) is 0 Å². The van der Waals surface area contributed by atoms with E-state index in [1.807, 2.05) is 0 Å². The number of rotatable bonds is 5. The minimum Gasteiger partial charge on any atom is -0.457 e. The van der Waals surface area contributed by atoms with E-state index in [1.165, 1.54) is 12.1 Å². The SMILES string of the molecule is CC(C)(C)OC(=O)/C=C/C(=O)NC(CO)c1ccc(Cl)cc1F. The van der Waals surface area contributed by atoms with E-state index < -0.39 is 35.9 Å². The lowest BCUT2D eigenvalue weighted by Crippen LogP contribution is -2.30. The smallest absolute Gasteiger partial charge is 0.331 e. The van der Waals surface area contributed by atoms with Gasteiger partial charge in [-0.05, 0) is 32.9 Å². The summed E-state index contributed by atoms with van der Waals surface area (Å²) in [6.45, 7) is 4.59. The fraction of sp³-hybridized carbons (Fsp3) is 0.375. The molecular formula is C16H19ClFNO4. The van der Waals surface area contributed by atoms with Crippen LogP contribution in [0.3, 0.4) is 0 Å². The summed E-state index contributed by atoms with van der Waals surface area (Å²) in [4.78, 5) is 23.2. The van der Waals surface area contributed by atoms with Gasteiger partial charge in [0.15, 0.2) is 0 Å². The average Bonchev–Trinajstić information content (AvgIpc) is 2.41. The summed E-state index contributed by atoms with van der Waals surface area (Å²) < 4.78 is 18.8. The Labute approximate surface area is 139 Å². The molecule has 1 atom stereocenters. The standard InChI is InChI=1S/C16H19ClFNO4/c1-16(2,3)23-15(22)7-6-14(21)19-13(9-20)11-5-4-10(17)8-12(11)18/h4-8,13,20H,9H2,1-3H3,(H,19,21)/b7-6+. The van der Waals surface area contributed by atoms with Crippen LogP contribution in [-0.2, 0) is 14.3 Å². The van der Waals surface area contributed by atoms with E-state index in [0.29, 0.717) is 0 Å². The second-order valence-electron chi connectivity index (χ2n) is 5.78. The molecule has 1 unspecified atom stereocenters. The van der Waals surface area contributed by atoms with Crippen LogP contribution in [0.2, 0.25) is 5.02 Å². The van der Waals surface area contributed by atoms with Gasteiger partial charge in [-0.3, -0.25) is 4.79 Å². The largest absolute Gasteiger partial charge is 0.457 e. The Morgan fingerprint density at radius 2 is 2.04 bits per heavy atom. The van der Waals surface area contributed by atoms with Gasteiger partial charge < -0.3 is 15.2 Å². The lowest BCUT2D eigenvalue weighted by molar-refractivity contribution is -0.148. The summed E-state index contributed by atoms with van der Waals surface area (Å²) in [7, 11) is 0. The van der Waals surface area contributed by atoms with Crippen LogP contribution >= 0.6 is 11.6 Å². The van der Waals surface area contributed by atoms with Crippen LogP contribution in [0.5, 0.6) is 0 Å². The number of aliphatic hydroxyl groups is 1. The minimum absolute atomic E-state index is 0.0934. The van der Waals surface area contributed by atoms with Crippen molar-refractivity contribution >= 4 is 23.5 Å². The van der Waals surface area contributed by atoms with Crippen LogP contribution in [0.25, 0.3) is 0 Å². The summed E-state index contributed by atoms with van der Waals surface area (Å²) in [5, 5.41) is 11.9. The first kappa shape index (κ1) is 19.1. The molecule has 0 radical (unpaired) electrons. The fourth-order valence-electron chi connectivity index (χ4n) is 1.71. The van der Waals surface area contributed by atoms with Gasteiger partial charge in [0.2, 0.25) is 5.91 Å². The first-order chi connectivity index (χ1) is 10.6. The van der Waals surface area contributed by atoms with Gasteiger partial charge in [0.25, 0.3) is 0 Å². The number of hydrogen-bond donors (Lipinski definition) is 2. The molecule has 0 saturated carbocycles. The van der Waals surface area contributed by atoms with Crippen molar-refractivity contribution in [2.75, 3.05) is 6.61 Å². The van der Waals surface area contributed by atoms with E-state index in [0.717, 1.165) is 18.2 Å². The van der Waals surface area contributed by atoms with Crippen molar-refractivity contribution in [3.8, 4) is 0 Å². The third-order valence-corrected chi connectivity index (χ3v) is 2.85. The van der Waals surface area contributed by atoms with E-state index in [4.69, 9.17) is 16.3 Å². The zero-order valence-electron chi connectivity index (χ0n) is 13.1. The first-order valence-electron chi connectivity index (χ1n) is 6.90. The van der Waals surface area contributed by atoms with Crippen molar-refractivity contribution in [3.05, 3.63) is 46.8 Å². The van der Waals surface area contributed by atoms with Gasteiger partial charge in [-0.25, -0.2) is 9.18 Å². The Morgan fingerprint density at radius 1 is 1.39 bits per heavy atom. The molecular weight excluding hydrogens is 325 g/mol. The second-order valence-corrected chi connectivity index (χ2v) is 6.21. The topological polar surface area (TPSA) is 75.6 Å². The molecule has 1 aromatic carbocycles. The molecule has 7 heteroatoms. The molecule has 0 fully saturated rings. The van der Waals surface area contributed by atoms with Gasteiger partial charge in [0, 0.05) is 22.7 Å². The highest BCUT2D eigenvalue weighted by Crippen LogP contribution is 2.20. The van der Waals surface area contributed by atoms with Gasteiger partial charge in [-0.1, -0.05) is 17.7 Å². The number of carbonyl (C=O) groups is 2. The molecule has 0 aliphatic carbocycles. The maximum absolute atomic E-state index is 13.8. The Morgan fingerprint density at radius 3 is 2.57 bits per heavy atom. The van der Waals surface area contributed by atoms with Crippen LogP contribution in [0.4, 0.5) is 4.39 Å². The summed E-state index contributed by atoms with van der Waals surface area (Å²) in [5.41, 5.74) is -0.575. The zero-order valence-corrected chi connectivity index (χ0v) is 13.9. The number of benzene rings is 1. The van der Waals surface area contributed by atoms with E-state index in [2.05, 4.69) is 5.32 Å². The number of carbonyl (C=O) groups excluding carboxylic acids is 2. The third-order valence-electron chi connectivity index (χ3n) is 2.61. The monoisotopic (exact) mass is 343 g/mol. The molecule has 0 bridgehead atoms. The highest BCUT2D eigenvalue weighted by atomic mass is 35.5. The minimum atomic E-state index is -0.956. The lowest BCUT2D eigenvalue weighted by atomic mass is 10.1. The Bertz CT molecular complexity index is 611. The van der Waals surface area contributed by atoms with Crippen LogP contribution in [-0.4, -0.2) is 29.2 Å². The van der Waals surface area contributed by atoms with Crippen molar-refractivity contribution in [2.24, 2.45) is 0 Å². The molecule has 0 saturated heterocycles. The summed E-state index contributed by atoms with van der Waals surface area (Å²) in [6, 6.07) is 2.95. The molecule has 1 aromatic rings. The number of aliphatic hydroxyl groups excluding tert-OH is 1. The molecule has 126 valence electrons. The van der Waals surface area contributed by atoms with E-state index in [9.17, 15) is 19.1 Å². The normalized spacial score (nSPS) is 13.0. The lowest BCUT2D eigenvalue weighted by Gasteiger charge is -2.18. The van der Waals surface area contributed by atoms with Gasteiger partial charge >= 0.3 is 5.97 Å². The Balaban J connectivity index is 2.72. The predicted molar refractivity (Wildman–Crippen MR) is 84.4 cm³/mol. The van der Waals surface area contributed by atoms with Gasteiger partial charge in [0.1, 0.15) is 11.4 Å². The maximum Gasteiger partial charge on any atom is 0.331 e. The molecule has 0 spiro atoms. The first-order valence-corrected chi connectivity index (χ1v) is 7.27. The molecule has 0 heterocycles. The van der Waals surface area contributed by atoms with E-state index in [-0.39, 0.29) is 10.6 Å². The van der Waals surface area contributed by atoms with Crippen molar-refractivity contribution in [2.45, 2.75) is 32.4 Å².